The van der Waals surface area contributed by atoms with Crippen LogP contribution in [0.5, 0.6) is 0 Å². The van der Waals surface area contributed by atoms with Gasteiger partial charge in [-0.1, -0.05) is 91.1 Å². The number of allylic oxidation sites excluding steroid dienone is 2. The Morgan fingerprint density at radius 3 is 2.46 bits per heavy atom. The highest BCUT2D eigenvalue weighted by Gasteiger charge is 2.59. The van der Waals surface area contributed by atoms with Gasteiger partial charge in [0.05, 0.1) is 0 Å². The largest absolute Gasteiger partial charge is 0.286 e. The molecule has 3 fully saturated rings. The molecule has 0 aromatic rings. The van der Waals surface area contributed by atoms with Crippen molar-refractivity contribution in [3.05, 3.63) is 11.6 Å². The highest BCUT2D eigenvalue weighted by molar-refractivity contribution is 8.14. The summed E-state index contributed by atoms with van der Waals surface area (Å²) in [4.78, 5) is 12.7. The van der Waals surface area contributed by atoms with Gasteiger partial charge in [0.2, 0.25) is 5.12 Å². The van der Waals surface area contributed by atoms with Crippen LogP contribution >= 0.6 is 23.4 Å². The maximum atomic E-state index is 12.7. The highest BCUT2D eigenvalue weighted by Crippen LogP contribution is 2.67. The molecule has 0 amide bonds. The molecule has 0 radical (unpaired) electrons. The zero-order chi connectivity index (χ0) is 25.5. The maximum absolute atomic E-state index is 12.7. The monoisotopic (exact) mass is 520 g/mol. The molecule has 200 valence electrons. The number of carbonyl (C=O) groups is 1. The van der Waals surface area contributed by atoms with Crippen molar-refractivity contribution in [1.29, 1.82) is 0 Å². The van der Waals surface area contributed by atoms with Gasteiger partial charge in [0, 0.05) is 5.25 Å². The summed E-state index contributed by atoms with van der Waals surface area (Å²) in [5.74, 6) is 5.53. The second-order valence-corrected chi connectivity index (χ2v) is 16.0. The number of alkyl halides is 1. The van der Waals surface area contributed by atoms with E-state index in [-0.39, 0.29) is 16.4 Å². The zero-order valence-electron chi connectivity index (χ0n) is 23.7. The number of rotatable bonds is 8. The lowest BCUT2D eigenvalue weighted by molar-refractivity contribution is -0.111. The number of hydrogen-bond donors (Lipinski definition) is 0. The average Bonchev–Trinajstić information content (AvgIpc) is 3.15. The molecule has 3 saturated carbocycles. The second-order valence-electron chi connectivity index (χ2n) is 14.2. The van der Waals surface area contributed by atoms with Crippen LogP contribution in [0.4, 0.5) is 0 Å². The highest BCUT2D eigenvalue weighted by atomic mass is 35.5. The van der Waals surface area contributed by atoms with Crippen molar-refractivity contribution in [2.45, 2.75) is 130 Å². The van der Waals surface area contributed by atoms with Crippen LogP contribution in [0.3, 0.4) is 0 Å². The fourth-order valence-electron chi connectivity index (χ4n) is 9.25. The fourth-order valence-corrected chi connectivity index (χ4v) is 10.6. The predicted molar refractivity (Wildman–Crippen MR) is 154 cm³/mol. The Labute approximate surface area is 226 Å². The van der Waals surface area contributed by atoms with E-state index in [9.17, 15) is 4.79 Å². The summed E-state index contributed by atoms with van der Waals surface area (Å²) < 4.78 is 0. The number of halogens is 1. The first-order valence-electron chi connectivity index (χ1n) is 15.0. The van der Waals surface area contributed by atoms with Gasteiger partial charge in [-0.3, -0.25) is 4.79 Å². The second kappa shape index (κ2) is 11.0. The summed E-state index contributed by atoms with van der Waals surface area (Å²) >= 11 is 7.95. The molecule has 0 N–H and O–H groups in total. The molecule has 9 atom stereocenters. The van der Waals surface area contributed by atoms with Gasteiger partial charge in [-0.25, -0.2) is 0 Å². The topological polar surface area (TPSA) is 17.1 Å². The first-order valence-corrected chi connectivity index (χ1v) is 16.3. The van der Waals surface area contributed by atoms with Crippen LogP contribution in [0.25, 0.3) is 0 Å². The van der Waals surface area contributed by atoms with Crippen LogP contribution in [0, 0.1) is 52.3 Å². The van der Waals surface area contributed by atoms with Gasteiger partial charge in [-0.05, 0) is 104 Å². The van der Waals surface area contributed by atoms with Gasteiger partial charge in [0.1, 0.15) is 5.38 Å². The molecule has 0 bridgehead atoms. The lowest BCUT2D eigenvalue weighted by Gasteiger charge is -2.58. The third-order valence-corrected chi connectivity index (χ3v) is 13.4. The number of thioether (sulfide) groups is 1. The van der Waals surface area contributed by atoms with E-state index in [4.69, 9.17) is 11.6 Å². The van der Waals surface area contributed by atoms with Crippen molar-refractivity contribution in [3.8, 4) is 0 Å². The lowest BCUT2D eigenvalue weighted by Crippen LogP contribution is -2.50. The van der Waals surface area contributed by atoms with Crippen LogP contribution in [0.2, 0.25) is 0 Å². The Morgan fingerprint density at radius 2 is 1.77 bits per heavy atom. The van der Waals surface area contributed by atoms with Crippen LogP contribution in [-0.4, -0.2) is 15.7 Å². The van der Waals surface area contributed by atoms with Crippen molar-refractivity contribution >= 4 is 28.5 Å². The SMILES string of the molecule is CC(C)CCC[C@@H](C)[C@H]1CC[C@H]2[C@@H]3CC=C4C[C@@H](SC(=O)[C@H](Cl)C(C)C)CC[C@]4(C)[C@H]3CC[C@]12C. The molecular formula is C32H53ClOS. The van der Waals surface area contributed by atoms with E-state index < -0.39 is 0 Å². The Bertz CT molecular complexity index is 788. The minimum Gasteiger partial charge on any atom is -0.286 e. The predicted octanol–water partition coefficient (Wildman–Crippen LogP) is 9.92. The number of carbonyl (C=O) groups excluding carboxylic acids is 1. The Balaban J connectivity index is 1.43. The lowest BCUT2D eigenvalue weighted by atomic mass is 9.47. The van der Waals surface area contributed by atoms with Crippen molar-refractivity contribution in [2.24, 2.45) is 52.3 Å². The van der Waals surface area contributed by atoms with Crippen LogP contribution in [0.1, 0.15) is 119 Å². The van der Waals surface area contributed by atoms with Gasteiger partial charge < -0.3 is 0 Å². The standard InChI is InChI=1S/C32H53ClOS/c1-20(2)9-8-10-22(5)26-13-14-27-25-12-11-23-19-24(35-30(34)29(33)21(3)4)15-17-31(23,6)28(25)16-18-32(26,27)7/h11,20-22,24-29H,8-10,12-19H2,1-7H3/t22-,24+,25+,26-,27+,28+,29-,31+,32-/m1/s1. The zero-order valence-corrected chi connectivity index (χ0v) is 25.3. The summed E-state index contributed by atoms with van der Waals surface area (Å²) in [6, 6.07) is 0. The summed E-state index contributed by atoms with van der Waals surface area (Å²) in [7, 11) is 0. The summed E-state index contributed by atoms with van der Waals surface area (Å²) in [6.45, 7) is 16.7. The van der Waals surface area contributed by atoms with Gasteiger partial charge in [-0.2, -0.15) is 0 Å². The molecule has 0 saturated heterocycles. The van der Waals surface area contributed by atoms with Gasteiger partial charge in [0.15, 0.2) is 0 Å². The van der Waals surface area contributed by atoms with E-state index in [1.165, 1.54) is 64.2 Å². The van der Waals surface area contributed by atoms with Crippen LogP contribution < -0.4 is 0 Å². The molecule has 4 rings (SSSR count). The van der Waals surface area contributed by atoms with Crippen molar-refractivity contribution < 1.29 is 4.79 Å². The normalized spacial score (nSPS) is 40.6. The molecule has 0 aliphatic heterocycles. The Hall–Kier alpha value is 0.0500. The molecule has 4 aliphatic carbocycles. The quantitative estimate of drug-likeness (QED) is 0.234. The number of hydrogen-bond acceptors (Lipinski definition) is 2. The molecule has 35 heavy (non-hydrogen) atoms. The molecule has 3 heteroatoms. The van der Waals surface area contributed by atoms with E-state index in [0.29, 0.717) is 16.1 Å². The Morgan fingerprint density at radius 1 is 1.03 bits per heavy atom. The summed E-state index contributed by atoms with van der Waals surface area (Å²) in [6.07, 6.45) is 17.5. The molecule has 0 unspecified atom stereocenters. The third kappa shape index (κ3) is 5.46. The van der Waals surface area contributed by atoms with E-state index in [0.717, 1.165) is 41.9 Å². The molecule has 0 aromatic carbocycles. The first kappa shape index (κ1) is 28.1. The number of fused-ring (bicyclic) bond motifs is 5. The van der Waals surface area contributed by atoms with E-state index in [1.54, 1.807) is 17.3 Å². The minimum absolute atomic E-state index is 0.192. The van der Waals surface area contributed by atoms with Gasteiger partial charge >= 0.3 is 0 Å². The van der Waals surface area contributed by atoms with Crippen LogP contribution in [0.15, 0.2) is 11.6 Å². The third-order valence-electron chi connectivity index (χ3n) is 11.4. The molecule has 4 aliphatic rings. The molecule has 0 spiro atoms. The van der Waals surface area contributed by atoms with Gasteiger partial charge in [-0.15, -0.1) is 11.6 Å². The molecule has 0 aromatic heterocycles. The molecule has 0 heterocycles. The fraction of sp³-hybridized carbons (Fsp3) is 0.906. The molecular weight excluding hydrogens is 468 g/mol. The molecule has 1 nitrogen and oxygen atoms in total. The minimum atomic E-state index is -0.350. The summed E-state index contributed by atoms with van der Waals surface area (Å²) in [5.41, 5.74) is 2.61. The maximum Gasteiger partial charge on any atom is 0.207 e. The first-order chi connectivity index (χ1) is 16.5. The van der Waals surface area contributed by atoms with E-state index >= 15 is 0 Å². The summed E-state index contributed by atoms with van der Waals surface area (Å²) in [5, 5.41) is 0.268. The van der Waals surface area contributed by atoms with E-state index in [1.807, 2.05) is 0 Å². The van der Waals surface area contributed by atoms with Crippen molar-refractivity contribution in [1.82, 2.24) is 0 Å². The van der Waals surface area contributed by atoms with Crippen molar-refractivity contribution in [3.63, 3.8) is 0 Å². The Kier molecular flexibility index (Phi) is 8.85. The van der Waals surface area contributed by atoms with Gasteiger partial charge in [0.25, 0.3) is 0 Å². The van der Waals surface area contributed by atoms with E-state index in [2.05, 4.69) is 54.5 Å². The smallest absolute Gasteiger partial charge is 0.207 e. The van der Waals surface area contributed by atoms with Crippen molar-refractivity contribution in [2.75, 3.05) is 0 Å². The van der Waals surface area contributed by atoms with Crippen LogP contribution in [-0.2, 0) is 4.79 Å². The average molecular weight is 521 g/mol.